The van der Waals surface area contributed by atoms with Crippen LogP contribution in [0.25, 0.3) is 0 Å². The van der Waals surface area contributed by atoms with Crippen molar-refractivity contribution in [3.05, 3.63) is 11.6 Å². The van der Waals surface area contributed by atoms with Gasteiger partial charge in [0.25, 0.3) is 0 Å². The van der Waals surface area contributed by atoms with Crippen molar-refractivity contribution in [1.82, 2.24) is 0 Å². The van der Waals surface area contributed by atoms with Gasteiger partial charge >= 0.3 is 0 Å². The van der Waals surface area contributed by atoms with E-state index >= 15 is 0 Å². The van der Waals surface area contributed by atoms with E-state index in [0.717, 1.165) is 0 Å². The molecule has 0 saturated carbocycles. The van der Waals surface area contributed by atoms with E-state index in [0.29, 0.717) is 0 Å². The van der Waals surface area contributed by atoms with Crippen LogP contribution in [0, 0.1) is 22.2 Å². The molecule has 0 aliphatic rings. The molecule has 0 aromatic heterocycles. The molecule has 0 unspecified atom stereocenters. The molecule has 0 heterocycles. The molecule has 0 fully saturated rings. The number of nitrogens with zero attached hydrogens (tertiary/aromatic N) is 1. The fraction of sp³-hybridized carbons (Fsp3) is 0.727. The monoisotopic (exact) mass is 165 g/mol. The summed E-state index contributed by atoms with van der Waals surface area (Å²) >= 11 is 0. The van der Waals surface area contributed by atoms with Crippen LogP contribution in [0.5, 0.6) is 0 Å². The van der Waals surface area contributed by atoms with Crippen LogP contribution in [0.1, 0.15) is 41.5 Å². The Balaban J connectivity index is 5.01. The topological polar surface area (TPSA) is 23.8 Å². The molecular weight excluding hydrogens is 146 g/mol. The van der Waals surface area contributed by atoms with Crippen molar-refractivity contribution in [2.24, 2.45) is 10.8 Å². The van der Waals surface area contributed by atoms with Crippen LogP contribution < -0.4 is 0 Å². The molecule has 68 valence electrons. The summed E-state index contributed by atoms with van der Waals surface area (Å²) in [5, 5.41) is 9.00. The lowest BCUT2D eigenvalue weighted by atomic mass is 9.65. The molecule has 0 radical (unpaired) electrons. The molecule has 1 heteroatoms. The number of nitriles is 1. The van der Waals surface area contributed by atoms with Crippen LogP contribution in [0.3, 0.4) is 0 Å². The van der Waals surface area contributed by atoms with Crippen LogP contribution in [-0.4, -0.2) is 0 Å². The summed E-state index contributed by atoms with van der Waals surface area (Å²) in [6.45, 7) is 12.3. The summed E-state index contributed by atoms with van der Waals surface area (Å²) in [5.74, 6) is 0. The van der Waals surface area contributed by atoms with Crippen LogP contribution >= 0.6 is 0 Å². The quantitative estimate of drug-likeness (QED) is 0.574. The highest BCUT2D eigenvalue weighted by Crippen LogP contribution is 2.43. The predicted octanol–water partition coefficient (Wildman–Crippen LogP) is 3.53. The maximum absolute atomic E-state index is 9.00. The van der Waals surface area contributed by atoms with Gasteiger partial charge < -0.3 is 0 Å². The van der Waals surface area contributed by atoms with E-state index in [1.165, 1.54) is 5.57 Å². The van der Waals surface area contributed by atoms with Gasteiger partial charge in [-0.2, -0.15) is 5.26 Å². The zero-order valence-electron chi connectivity index (χ0n) is 9.02. The maximum atomic E-state index is 9.00. The van der Waals surface area contributed by atoms with E-state index in [4.69, 9.17) is 5.26 Å². The summed E-state index contributed by atoms with van der Waals surface area (Å²) in [5.41, 5.74) is 0.925. The molecule has 0 spiro atoms. The van der Waals surface area contributed by atoms with Crippen LogP contribution in [-0.2, 0) is 0 Å². The lowest BCUT2D eigenvalue weighted by Gasteiger charge is -2.37. The van der Waals surface area contributed by atoms with E-state index in [-0.39, 0.29) is 10.8 Å². The van der Waals surface area contributed by atoms with Crippen molar-refractivity contribution in [3.8, 4) is 6.07 Å². The highest BCUT2D eigenvalue weighted by Gasteiger charge is 2.37. The fourth-order valence-electron chi connectivity index (χ4n) is 0.994. The summed E-state index contributed by atoms with van der Waals surface area (Å²) in [6.07, 6.45) is 2.08. The molecule has 0 bridgehead atoms. The van der Waals surface area contributed by atoms with Crippen molar-refractivity contribution < 1.29 is 0 Å². The average Bonchev–Trinajstić information content (AvgIpc) is 2.02. The summed E-state index contributed by atoms with van der Waals surface area (Å²) < 4.78 is 0. The van der Waals surface area contributed by atoms with Gasteiger partial charge in [0.15, 0.2) is 0 Å². The van der Waals surface area contributed by atoms with Gasteiger partial charge in [0.1, 0.15) is 0 Å². The SMILES string of the molecule is CC=C(C)C(C)(C)C(C)(C)C#N. The Kier molecular flexibility index (Phi) is 3.10. The lowest BCUT2D eigenvalue weighted by molar-refractivity contribution is 0.224. The third-order valence-electron chi connectivity index (χ3n) is 3.26. The molecular formula is C11H19N. The standard InChI is InChI=1S/C11H19N/c1-7-9(2)11(5,6)10(3,4)8-12/h7H,1-6H3. The van der Waals surface area contributed by atoms with Gasteiger partial charge in [0.05, 0.1) is 11.5 Å². The van der Waals surface area contributed by atoms with Gasteiger partial charge in [-0.15, -0.1) is 0 Å². The smallest absolute Gasteiger partial charge is 0.0692 e. The lowest BCUT2D eigenvalue weighted by Crippen LogP contribution is -2.32. The fourth-order valence-corrected chi connectivity index (χ4v) is 0.994. The molecule has 0 saturated heterocycles. The van der Waals surface area contributed by atoms with E-state index in [1.807, 2.05) is 20.8 Å². The number of hydrogen-bond acceptors (Lipinski definition) is 1. The zero-order valence-corrected chi connectivity index (χ0v) is 9.02. The van der Waals surface area contributed by atoms with Gasteiger partial charge in [0, 0.05) is 5.41 Å². The second kappa shape index (κ2) is 3.31. The summed E-state index contributed by atoms with van der Waals surface area (Å²) in [4.78, 5) is 0. The van der Waals surface area contributed by atoms with E-state index in [2.05, 4.69) is 32.9 Å². The van der Waals surface area contributed by atoms with Gasteiger partial charge in [-0.25, -0.2) is 0 Å². The minimum absolute atomic E-state index is 0.0451. The first-order valence-electron chi connectivity index (χ1n) is 4.34. The Bertz CT molecular complexity index is 226. The van der Waals surface area contributed by atoms with E-state index < -0.39 is 0 Å². The van der Waals surface area contributed by atoms with Gasteiger partial charge in [-0.1, -0.05) is 25.5 Å². The van der Waals surface area contributed by atoms with Crippen molar-refractivity contribution >= 4 is 0 Å². The minimum atomic E-state index is -0.302. The van der Waals surface area contributed by atoms with Crippen LogP contribution in [0.15, 0.2) is 11.6 Å². The first-order chi connectivity index (χ1) is 5.29. The van der Waals surface area contributed by atoms with Crippen molar-refractivity contribution in [3.63, 3.8) is 0 Å². The third kappa shape index (κ3) is 1.69. The van der Waals surface area contributed by atoms with Crippen molar-refractivity contribution in [2.45, 2.75) is 41.5 Å². The highest BCUT2D eigenvalue weighted by atomic mass is 14.4. The molecule has 0 amide bonds. The molecule has 0 rings (SSSR count). The molecule has 0 N–H and O–H groups in total. The molecule has 1 nitrogen and oxygen atoms in total. The Morgan fingerprint density at radius 3 is 1.92 bits per heavy atom. The predicted molar refractivity (Wildman–Crippen MR) is 52.6 cm³/mol. The molecule has 0 atom stereocenters. The molecule has 0 aromatic carbocycles. The Morgan fingerprint density at radius 2 is 1.67 bits per heavy atom. The second-order valence-corrected chi connectivity index (χ2v) is 4.33. The third-order valence-corrected chi connectivity index (χ3v) is 3.26. The molecule has 0 aromatic rings. The normalized spacial score (nSPS) is 14.2. The van der Waals surface area contributed by atoms with Gasteiger partial charge in [0.2, 0.25) is 0 Å². The summed E-state index contributed by atoms with van der Waals surface area (Å²) in [6, 6.07) is 2.36. The Labute approximate surface area is 76.1 Å². The maximum Gasteiger partial charge on any atom is 0.0692 e. The zero-order chi connectivity index (χ0) is 9.99. The van der Waals surface area contributed by atoms with Crippen molar-refractivity contribution in [2.75, 3.05) is 0 Å². The Hall–Kier alpha value is -0.770. The number of rotatable bonds is 2. The van der Waals surface area contributed by atoms with E-state index in [9.17, 15) is 0 Å². The molecule has 0 aliphatic heterocycles. The summed E-state index contributed by atoms with van der Waals surface area (Å²) in [7, 11) is 0. The number of hydrogen-bond donors (Lipinski definition) is 0. The molecule has 0 aliphatic carbocycles. The van der Waals surface area contributed by atoms with Crippen LogP contribution in [0.4, 0.5) is 0 Å². The van der Waals surface area contributed by atoms with Gasteiger partial charge in [-0.3, -0.25) is 0 Å². The first-order valence-corrected chi connectivity index (χ1v) is 4.34. The second-order valence-electron chi connectivity index (χ2n) is 4.33. The average molecular weight is 165 g/mol. The van der Waals surface area contributed by atoms with E-state index in [1.54, 1.807) is 0 Å². The van der Waals surface area contributed by atoms with Crippen molar-refractivity contribution in [1.29, 1.82) is 5.26 Å². The van der Waals surface area contributed by atoms with Gasteiger partial charge in [-0.05, 0) is 27.7 Å². The van der Waals surface area contributed by atoms with Crippen LogP contribution in [0.2, 0.25) is 0 Å². The molecule has 12 heavy (non-hydrogen) atoms. The largest absolute Gasteiger partial charge is 0.198 e. The first kappa shape index (κ1) is 11.2. The number of allylic oxidation sites excluding steroid dienone is 2. The Morgan fingerprint density at radius 1 is 1.25 bits per heavy atom. The minimum Gasteiger partial charge on any atom is -0.198 e. The highest BCUT2D eigenvalue weighted by molar-refractivity contribution is 5.18.